The first-order valence-corrected chi connectivity index (χ1v) is 6.58. The summed E-state index contributed by atoms with van der Waals surface area (Å²) in [6.07, 6.45) is 4.98. The van der Waals surface area contributed by atoms with Gasteiger partial charge in [0.2, 0.25) is 0 Å². The summed E-state index contributed by atoms with van der Waals surface area (Å²) in [6, 6.07) is 2.02. The van der Waals surface area contributed by atoms with E-state index < -0.39 is 0 Å². The molecular weight excluding hydrogens is 291 g/mol. The van der Waals surface area contributed by atoms with Crippen molar-refractivity contribution in [3.63, 3.8) is 0 Å². The molecule has 1 saturated heterocycles. The molecule has 1 fully saturated rings. The number of aliphatic hydroxyl groups is 1. The maximum absolute atomic E-state index is 9.36. The maximum atomic E-state index is 9.36. The van der Waals surface area contributed by atoms with Gasteiger partial charge >= 0.3 is 0 Å². The van der Waals surface area contributed by atoms with E-state index in [1.54, 1.807) is 6.20 Å². The molecule has 0 saturated carbocycles. The molecule has 2 rings (SSSR count). The number of aliphatic hydroxyl groups excluding tert-OH is 1. The van der Waals surface area contributed by atoms with Crippen LogP contribution in [-0.2, 0) is 0 Å². The monoisotopic (exact) mass is 304 g/mol. The predicted octanol–water partition coefficient (Wildman–Crippen LogP) is 2.85. The van der Waals surface area contributed by atoms with Crippen molar-refractivity contribution in [2.45, 2.75) is 25.3 Å². The minimum atomic E-state index is 0.177. The van der Waals surface area contributed by atoms with Crippen LogP contribution in [0.1, 0.15) is 19.3 Å². The summed E-state index contributed by atoms with van der Waals surface area (Å²) in [5, 5.41) is 9.98. The molecule has 0 amide bonds. The van der Waals surface area contributed by atoms with E-state index in [0.717, 1.165) is 29.7 Å². The molecule has 0 aromatic carbocycles. The second-order valence-corrected chi connectivity index (χ2v) is 5.28. The molecule has 0 spiro atoms. The molecule has 5 heteroatoms. The Labute approximate surface area is 109 Å². The molecule has 0 aliphatic carbocycles. The lowest BCUT2D eigenvalue weighted by Crippen LogP contribution is -2.42. The van der Waals surface area contributed by atoms with Gasteiger partial charge in [0, 0.05) is 12.7 Å². The topological polar surface area (TPSA) is 36.4 Å². The van der Waals surface area contributed by atoms with Gasteiger partial charge in [0.1, 0.15) is 5.82 Å². The third-order valence-corrected chi connectivity index (χ3v) is 3.69. The number of hydrogen-bond acceptors (Lipinski definition) is 3. The van der Waals surface area contributed by atoms with Crippen LogP contribution in [-0.4, -0.2) is 29.3 Å². The highest BCUT2D eigenvalue weighted by Gasteiger charge is 2.24. The van der Waals surface area contributed by atoms with E-state index in [9.17, 15) is 5.11 Å². The fraction of sp³-hybridized carbons (Fsp3) is 0.545. The maximum Gasteiger partial charge on any atom is 0.143 e. The van der Waals surface area contributed by atoms with Crippen LogP contribution in [0, 0.1) is 0 Å². The van der Waals surface area contributed by atoms with Crippen LogP contribution in [0.4, 0.5) is 5.82 Å². The Morgan fingerprint density at radius 1 is 1.56 bits per heavy atom. The summed E-state index contributed by atoms with van der Waals surface area (Å²) in [5.74, 6) is 0.878. The predicted molar refractivity (Wildman–Crippen MR) is 69.0 cm³/mol. The quantitative estimate of drug-likeness (QED) is 0.913. The highest BCUT2D eigenvalue weighted by molar-refractivity contribution is 9.10. The zero-order chi connectivity index (χ0) is 11.5. The fourth-order valence-electron chi connectivity index (χ4n) is 2.09. The van der Waals surface area contributed by atoms with Crippen LogP contribution in [0.15, 0.2) is 16.7 Å². The molecular formula is C11H14BrClN2O. The van der Waals surface area contributed by atoms with E-state index in [1.807, 2.05) is 6.07 Å². The zero-order valence-corrected chi connectivity index (χ0v) is 11.2. The second kappa shape index (κ2) is 5.34. The zero-order valence-electron chi connectivity index (χ0n) is 8.87. The molecule has 1 aliphatic heterocycles. The van der Waals surface area contributed by atoms with Gasteiger partial charge in [0.05, 0.1) is 22.1 Å². The first kappa shape index (κ1) is 12.1. The van der Waals surface area contributed by atoms with Gasteiger partial charge < -0.3 is 10.0 Å². The van der Waals surface area contributed by atoms with Gasteiger partial charge in [-0.1, -0.05) is 11.6 Å². The van der Waals surface area contributed by atoms with Crippen molar-refractivity contribution in [2.24, 2.45) is 0 Å². The number of halogens is 2. The van der Waals surface area contributed by atoms with Crippen molar-refractivity contribution in [2.75, 3.05) is 18.1 Å². The number of hydrogen-bond donors (Lipinski definition) is 1. The third-order valence-electron chi connectivity index (χ3n) is 2.90. The summed E-state index contributed by atoms with van der Waals surface area (Å²) >= 11 is 9.33. The van der Waals surface area contributed by atoms with Crippen LogP contribution < -0.4 is 4.90 Å². The Morgan fingerprint density at radius 3 is 3.06 bits per heavy atom. The van der Waals surface area contributed by atoms with Crippen LogP contribution in [0.2, 0.25) is 5.02 Å². The average Bonchev–Trinajstić information content (AvgIpc) is 2.29. The van der Waals surface area contributed by atoms with Crippen LogP contribution in [0.5, 0.6) is 0 Å². The molecule has 0 bridgehead atoms. The van der Waals surface area contributed by atoms with Gasteiger partial charge in [0.25, 0.3) is 0 Å². The first-order valence-electron chi connectivity index (χ1n) is 5.41. The number of anilines is 1. The van der Waals surface area contributed by atoms with Crippen molar-refractivity contribution >= 4 is 33.3 Å². The molecule has 1 aromatic heterocycles. The summed E-state index contributed by atoms with van der Waals surface area (Å²) in [7, 11) is 0. The SMILES string of the molecule is OCC1CCCCN1c1ncc(Cl)cc1Br. The van der Waals surface area contributed by atoms with Gasteiger partial charge in [0.15, 0.2) is 0 Å². The van der Waals surface area contributed by atoms with Crippen molar-refractivity contribution in [3.8, 4) is 0 Å². The minimum Gasteiger partial charge on any atom is -0.394 e. The molecule has 3 nitrogen and oxygen atoms in total. The minimum absolute atomic E-state index is 0.177. The van der Waals surface area contributed by atoms with E-state index in [2.05, 4.69) is 25.8 Å². The van der Waals surface area contributed by atoms with Gasteiger partial charge in [-0.25, -0.2) is 4.98 Å². The molecule has 88 valence electrons. The Balaban J connectivity index is 2.27. The Bertz CT molecular complexity index is 375. The molecule has 1 N–H and O–H groups in total. The summed E-state index contributed by atoms with van der Waals surface area (Å²) in [5.41, 5.74) is 0. The molecule has 1 unspecified atom stereocenters. The first-order chi connectivity index (χ1) is 7.72. The molecule has 1 aliphatic rings. The van der Waals surface area contributed by atoms with E-state index in [4.69, 9.17) is 11.6 Å². The number of pyridine rings is 1. The number of aromatic nitrogens is 1. The molecule has 1 atom stereocenters. The normalized spacial score (nSPS) is 21.2. The summed E-state index contributed by atoms with van der Waals surface area (Å²) < 4.78 is 0.889. The summed E-state index contributed by atoms with van der Waals surface area (Å²) in [6.45, 7) is 1.12. The number of rotatable bonds is 2. The lowest BCUT2D eigenvalue weighted by molar-refractivity contribution is 0.239. The van der Waals surface area contributed by atoms with Crippen LogP contribution in [0.3, 0.4) is 0 Å². The lowest BCUT2D eigenvalue weighted by atomic mass is 10.0. The van der Waals surface area contributed by atoms with Crippen molar-refractivity contribution in [1.29, 1.82) is 0 Å². The smallest absolute Gasteiger partial charge is 0.143 e. The Morgan fingerprint density at radius 2 is 2.38 bits per heavy atom. The van der Waals surface area contributed by atoms with E-state index in [-0.39, 0.29) is 12.6 Å². The van der Waals surface area contributed by atoms with E-state index in [0.29, 0.717) is 5.02 Å². The standard InChI is InChI=1S/C11H14BrClN2O/c12-10-5-8(13)6-14-11(10)15-4-2-1-3-9(15)7-16/h5-6,9,16H,1-4,7H2. The lowest BCUT2D eigenvalue weighted by Gasteiger charge is -2.36. The van der Waals surface area contributed by atoms with Crippen molar-refractivity contribution in [1.82, 2.24) is 4.98 Å². The van der Waals surface area contributed by atoms with Gasteiger partial charge in [-0.15, -0.1) is 0 Å². The van der Waals surface area contributed by atoms with Gasteiger partial charge in [-0.2, -0.15) is 0 Å². The third kappa shape index (κ3) is 2.50. The largest absolute Gasteiger partial charge is 0.394 e. The van der Waals surface area contributed by atoms with Gasteiger partial charge in [-0.3, -0.25) is 0 Å². The van der Waals surface area contributed by atoms with Crippen LogP contribution >= 0.6 is 27.5 Å². The van der Waals surface area contributed by atoms with Crippen molar-refractivity contribution in [3.05, 3.63) is 21.8 Å². The molecule has 16 heavy (non-hydrogen) atoms. The molecule has 1 aromatic rings. The van der Waals surface area contributed by atoms with E-state index in [1.165, 1.54) is 6.42 Å². The van der Waals surface area contributed by atoms with E-state index >= 15 is 0 Å². The van der Waals surface area contributed by atoms with Gasteiger partial charge in [-0.05, 0) is 41.3 Å². The average molecular weight is 306 g/mol. The summed E-state index contributed by atoms with van der Waals surface area (Å²) in [4.78, 5) is 6.49. The van der Waals surface area contributed by atoms with Crippen LogP contribution in [0.25, 0.3) is 0 Å². The fourth-order valence-corrected chi connectivity index (χ4v) is 2.95. The molecule has 0 radical (unpaired) electrons. The number of piperidine rings is 1. The molecule has 2 heterocycles. The number of nitrogens with zero attached hydrogens (tertiary/aromatic N) is 2. The highest BCUT2D eigenvalue weighted by atomic mass is 79.9. The second-order valence-electron chi connectivity index (χ2n) is 3.98. The highest BCUT2D eigenvalue weighted by Crippen LogP contribution is 2.30. The Hall–Kier alpha value is -0.320. The van der Waals surface area contributed by atoms with Crippen molar-refractivity contribution < 1.29 is 5.11 Å². The Kier molecular flexibility index (Phi) is 4.05.